The molecule has 33 heavy (non-hydrogen) atoms. The molecule has 0 aromatic heterocycles. The van der Waals surface area contributed by atoms with Gasteiger partial charge < -0.3 is 14.5 Å². The third-order valence-electron chi connectivity index (χ3n) is 6.00. The predicted molar refractivity (Wildman–Crippen MR) is 127 cm³/mol. The number of nitrogens with zero attached hydrogens (tertiary/aromatic N) is 2. The zero-order chi connectivity index (χ0) is 23.2. The van der Waals surface area contributed by atoms with E-state index in [0.29, 0.717) is 39.9 Å². The van der Waals surface area contributed by atoms with Gasteiger partial charge in [0, 0.05) is 28.4 Å². The van der Waals surface area contributed by atoms with Crippen LogP contribution < -0.4 is 9.64 Å². The van der Waals surface area contributed by atoms with Crippen LogP contribution in [0.2, 0.25) is 5.02 Å². The van der Waals surface area contributed by atoms with Gasteiger partial charge >= 0.3 is 0 Å². The summed E-state index contributed by atoms with van der Waals surface area (Å²) in [7, 11) is 1.53. The summed E-state index contributed by atoms with van der Waals surface area (Å²) in [5, 5.41) is 0.540. The highest BCUT2D eigenvalue weighted by atomic mass is 35.5. The Kier molecular flexibility index (Phi) is 5.54. The van der Waals surface area contributed by atoms with Gasteiger partial charge in [0.1, 0.15) is 11.6 Å². The molecule has 2 aliphatic heterocycles. The minimum Gasteiger partial charge on any atom is -0.497 e. The Morgan fingerprint density at radius 1 is 1.15 bits per heavy atom. The molecule has 3 aromatic carbocycles. The Morgan fingerprint density at radius 2 is 1.97 bits per heavy atom. The van der Waals surface area contributed by atoms with Crippen LogP contribution in [-0.4, -0.2) is 36.1 Å². The first-order valence-electron chi connectivity index (χ1n) is 10.4. The normalized spacial score (nSPS) is 19.3. The van der Waals surface area contributed by atoms with E-state index in [9.17, 15) is 14.0 Å². The van der Waals surface area contributed by atoms with E-state index in [1.165, 1.54) is 31.0 Å². The number of benzene rings is 3. The maximum absolute atomic E-state index is 14.4. The number of ether oxygens (including phenoxy) is 1. The summed E-state index contributed by atoms with van der Waals surface area (Å²) in [5.74, 6) is 0.0639. The Balaban J connectivity index is 1.60. The number of hydrogen-bond acceptors (Lipinski definition) is 4. The minimum absolute atomic E-state index is 0.223. The number of thioether (sulfide) groups is 1. The van der Waals surface area contributed by atoms with E-state index in [1.807, 2.05) is 18.2 Å². The van der Waals surface area contributed by atoms with Crippen LogP contribution in [0.15, 0.2) is 66.7 Å². The molecule has 1 atom stereocenters. The Morgan fingerprint density at radius 3 is 2.76 bits per heavy atom. The van der Waals surface area contributed by atoms with Crippen LogP contribution in [0, 0.1) is 5.82 Å². The van der Waals surface area contributed by atoms with E-state index < -0.39 is 10.7 Å². The molecule has 1 spiro atoms. The van der Waals surface area contributed by atoms with Gasteiger partial charge in [0.2, 0.25) is 0 Å². The first-order chi connectivity index (χ1) is 16.0. The summed E-state index contributed by atoms with van der Waals surface area (Å²) in [5.41, 5.74) is 2.25. The SMILES string of the molecule is COc1cccc(C(=O)N2CCS[C@]23C(=O)N(Cc2ccccc2Cl)c2ccc(F)cc23)c1. The Hall–Kier alpha value is -3.03. The van der Waals surface area contributed by atoms with Crippen molar-refractivity contribution >= 4 is 40.9 Å². The van der Waals surface area contributed by atoms with Crippen molar-refractivity contribution < 1.29 is 18.7 Å². The van der Waals surface area contributed by atoms with Crippen LogP contribution in [-0.2, 0) is 16.2 Å². The van der Waals surface area contributed by atoms with Gasteiger partial charge in [-0.25, -0.2) is 4.39 Å². The quantitative estimate of drug-likeness (QED) is 0.520. The molecule has 8 heteroatoms. The van der Waals surface area contributed by atoms with Crippen molar-refractivity contribution in [1.82, 2.24) is 4.90 Å². The molecule has 0 bridgehead atoms. The monoisotopic (exact) mass is 482 g/mol. The smallest absolute Gasteiger partial charge is 0.268 e. The molecule has 0 unspecified atom stereocenters. The zero-order valence-electron chi connectivity index (χ0n) is 17.8. The third kappa shape index (κ3) is 3.47. The zero-order valence-corrected chi connectivity index (χ0v) is 19.3. The van der Waals surface area contributed by atoms with E-state index >= 15 is 0 Å². The number of rotatable bonds is 4. The van der Waals surface area contributed by atoms with E-state index in [1.54, 1.807) is 46.2 Å². The summed E-state index contributed by atoms with van der Waals surface area (Å²) in [4.78, 5) is 29.4. The number of amides is 2. The molecule has 0 N–H and O–H groups in total. The number of carbonyl (C=O) groups is 2. The van der Waals surface area contributed by atoms with Crippen LogP contribution in [0.3, 0.4) is 0 Å². The summed E-state index contributed by atoms with van der Waals surface area (Å²) in [6.07, 6.45) is 0. The van der Waals surface area contributed by atoms with Gasteiger partial charge in [0.05, 0.1) is 19.3 Å². The molecule has 5 nitrogen and oxygen atoms in total. The molecule has 0 saturated carbocycles. The standard InChI is InChI=1S/C25H20ClFN2O3S/c1-32-19-7-4-6-16(13-19)23(30)29-11-12-33-25(29)20-14-18(27)9-10-22(20)28(24(25)31)15-17-5-2-3-8-21(17)26/h2-10,13-14H,11-12,15H2,1H3/t25-/m1/s1. The highest BCUT2D eigenvalue weighted by molar-refractivity contribution is 8.01. The Bertz CT molecular complexity index is 1270. The number of hydrogen-bond donors (Lipinski definition) is 0. The number of fused-ring (bicyclic) bond motifs is 2. The molecule has 1 saturated heterocycles. The lowest BCUT2D eigenvalue weighted by Gasteiger charge is -2.33. The van der Waals surface area contributed by atoms with Gasteiger partial charge in [0.15, 0.2) is 4.87 Å². The van der Waals surface area contributed by atoms with Gasteiger partial charge in [-0.3, -0.25) is 9.59 Å². The van der Waals surface area contributed by atoms with Gasteiger partial charge in [-0.15, -0.1) is 11.8 Å². The first kappa shape index (κ1) is 21.8. The number of carbonyl (C=O) groups excluding carboxylic acids is 2. The summed E-state index contributed by atoms with van der Waals surface area (Å²) >= 11 is 7.72. The van der Waals surface area contributed by atoms with Crippen LogP contribution in [0.4, 0.5) is 10.1 Å². The molecule has 2 aliphatic rings. The summed E-state index contributed by atoms with van der Waals surface area (Å²) in [6.45, 7) is 0.586. The minimum atomic E-state index is -1.33. The van der Waals surface area contributed by atoms with Crippen molar-refractivity contribution in [2.45, 2.75) is 11.4 Å². The predicted octanol–water partition coefficient (Wildman–Crippen LogP) is 5.08. The maximum Gasteiger partial charge on any atom is 0.268 e. The second kappa shape index (κ2) is 8.39. The van der Waals surface area contributed by atoms with Gasteiger partial charge in [-0.2, -0.15) is 0 Å². The number of methoxy groups -OCH3 is 1. The second-order valence-corrected chi connectivity index (χ2v) is 9.52. The fraction of sp³-hybridized carbons (Fsp3) is 0.200. The van der Waals surface area contributed by atoms with Crippen molar-refractivity contribution in [3.63, 3.8) is 0 Å². The van der Waals surface area contributed by atoms with Gasteiger partial charge in [-0.1, -0.05) is 35.9 Å². The fourth-order valence-corrected chi connectivity index (χ4v) is 6.10. The average Bonchev–Trinajstić information content (AvgIpc) is 3.37. The molecule has 2 amide bonds. The van der Waals surface area contributed by atoms with Crippen molar-refractivity contribution in [2.24, 2.45) is 0 Å². The van der Waals surface area contributed by atoms with E-state index in [2.05, 4.69) is 0 Å². The maximum atomic E-state index is 14.4. The third-order valence-corrected chi connectivity index (χ3v) is 7.79. The van der Waals surface area contributed by atoms with E-state index in [-0.39, 0.29) is 18.4 Å². The lowest BCUT2D eigenvalue weighted by Crippen LogP contribution is -2.50. The van der Waals surface area contributed by atoms with E-state index in [4.69, 9.17) is 16.3 Å². The lowest BCUT2D eigenvalue weighted by atomic mass is 10.0. The van der Waals surface area contributed by atoms with Crippen molar-refractivity contribution in [3.05, 3.63) is 94.3 Å². The van der Waals surface area contributed by atoms with Crippen molar-refractivity contribution in [3.8, 4) is 5.75 Å². The van der Waals surface area contributed by atoms with Crippen LogP contribution in [0.1, 0.15) is 21.5 Å². The van der Waals surface area contributed by atoms with Gasteiger partial charge in [-0.05, 0) is 48.0 Å². The lowest BCUT2D eigenvalue weighted by molar-refractivity contribution is -0.123. The number of anilines is 1. The average molecular weight is 483 g/mol. The molecular formula is C25H20ClFN2O3S. The fourth-order valence-electron chi connectivity index (χ4n) is 4.45. The topological polar surface area (TPSA) is 49.9 Å². The highest BCUT2D eigenvalue weighted by Crippen LogP contribution is 2.55. The molecule has 0 radical (unpaired) electrons. The van der Waals surface area contributed by atoms with E-state index in [0.717, 1.165) is 5.56 Å². The Labute approximate surface area is 200 Å². The molecule has 0 aliphatic carbocycles. The van der Waals surface area contributed by atoms with Gasteiger partial charge in [0.25, 0.3) is 11.8 Å². The molecule has 3 aromatic rings. The first-order valence-corrected chi connectivity index (χ1v) is 11.8. The largest absolute Gasteiger partial charge is 0.497 e. The highest BCUT2D eigenvalue weighted by Gasteiger charge is 2.59. The summed E-state index contributed by atoms with van der Waals surface area (Å²) < 4.78 is 19.7. The second-order valence-electron chi connectivity index (χ2n) is 7.83. The molecule has 168 valence electrons. The molecule has 5 rings (SSSR count). The van der Waals surface area contributed by atoms with Crippen LogP contribution >= 0.6 is 23.4 Å². The van der Waals surface area contributed by atoms with Crippen LogP contribution in [0.5, 0.6) is 5.75 Å². The van der Waals surface area contributed by atoms with Crippen molar-refractivity contribution in [1.29, 1.82) is 0 Å². The molecular weight excluding hydrogens is 463 g/mol. The summed E-state index contributed by atoms with van der Waals surface area (Å²) in [6, 6.07) is 18.4. The molecule has 1 fully saturated rings. The number of halogens is 2. The van der Waals surface area contributed by atoms with Crippen LogP contribution in [0.25, 0.3) is 0 Å². The molecule has 2 heterocycles. The van der Waals surface area contributed by atoms with Crippen molar-refractivity contribution in [2.75, 3.05) is 24.3 Å².